The van der Waals surface area contributed by atoms with Crippen molar-refractivity contribution in [1.82, 2.24) is 10.2 Å². The zero-order valence-electron chi connectivity index (χ0n) is 13.8. The van der Waals surface area contributed by atoms with Crippen LogP contribution in [0.1, 0.15) is 25.3 Å². The highest BCUT2D eigenvalue weighted by atomic mass is 16.6. The summed E-state index contributed by atoms with van der Waals surface area (Å²) in [5, 5.41) is 6.67. The van der Waals surface area contributed by atoms with Crippen LogP contribution >= 0.6 is 0 Å². The number of hydrogen-bond donors (Lipinski definition) is 1. The number of amides is 2. The van der Waals surface area contributed by atoms with Crippen LogP contribution in [0, 0.1) is 0 Å². The van der Waals surface area contributed by atoms with Crippen molar-refractivity contribution in [3.63, 3.8) is 0 Å². The van der Waals surface area contributed by atoms with E-state index in [4.69, 9.17) is 4.84 Å². The highest BCUT2D eigenvalue weighted by molar-refractivity contribution is 6.04. The first-order valence-electron chi connectivity index (χ1n) is 7.70. The quantitative estimate of drug-likeness (QED) is 0.619. The van der Waals surface area contributed by atoms with E-state index >= 15 is 0 Å². The predicted octanol–water partition coefficient (Wildman–Crippen LogP) is 0.885. The fourth-order valence-electron chi connectivity index (χ4n) is 2.61. The lowest BCUT2D eigenvalue weighted by Gasteiger charge is -2.23. The van der Waals surface area contributed by atoms with Crippen LogP contribution in [0.25, 0.3) is 0 Å². The third-order valence-electron chi connectivity index (χ3n) is 3.71. The first kappa shape index (κ1) is 17.7. The van der Waals surface area contributed by atoms with Gasteiger partial charge in [0.15, 0.2) is 0 Å². The smallest absolute Gasteiger partial charge is 0.243 e. The molecule has 7 heteroatoms. The van der Waals surface area contributed by atoms with Gasteiger partial charge in [0.2, 0.25) is 11.8 Å². The minimum Gasteiger partial charge on any atom is -0.399 e. The number of rotatable bonds is 6. The molecule has 1 fully saturated rings. The minimum atomic E-state index is -0.672. The van der Waals surface area contributed by atoms with Crippen LogP contribution in [0.4, 0.5) is 0 Å². The lowest BCUT2D eigenvalue weighted by molar-refractivity contribution is -0.140. The van der Waals surface area contributed by atoms with Gasteiger partial charge in [0.05, 0.1) is 18.7 Å². The zero-order valence-corrected chi connectivity index (χ0v) is 13.8. The monoisotopic (exact) mass is 331 g/mol. The van der Waals surface area contributed by atoms with Crippen molar-refractivity contribution in [2.45, 2.75) is 32.4 Å². The molecule has 2 rings (SSSR count). The molecule has 0 radical (unpaired) electrons. The summed E-state index contributed by atoms with van der Waals surface area (Å²) in [6.45, 7) is 1.92. The summed E-state index contributed by atoms with van der Waals surface area (Å²) in [5.41, 5.74) is 1.57. The minimum absolute atomic E-state index is 0.198. The molecule has 0 aromatic heterocycles. The van der Waals surface area contributed by atoms with Gasteiger partial charge in [-0.3, -0.25) is 14.4 Å². The van der Waals surface area contributed by atoms with Crippen LogP contribution in [-0.4, -0.2) is 47.9 Å². The Labute approximate surface area is 140 Å². The van der Waals surface area contributed by atoms with Crippen molar-refractivity contribution in [3.8, 4) is 0 Å². The summed E-state index contributed by atoms with van der Waals surface area (Å²) >= 11 is 0. The van der Waals surface area contributed by atoms with Crippen molar-refractivity contribution in [1.29, 1.82) is 0 Å². The third-order valence-corrected chi connectivity index (χ3v) is 3.71. The highest BCUT2D eigenvalue weighted by Gasteiger charge is 2.38. The van der Waals surface area contributed by atoms with Gasteiger partial charge in [-0.2, -0.15) is 0 Å². The van der Waals surface area contributed by atoms with Gasteiger partial charge in [-0.05, 0) is 12.5 Å². The van der Waals surface area contributed by atoms with E-state index in [9.17, 15) is 14.4 Å². The second-order valence-corrected chi connectivity index (χ2v) is 5.66. The number of oxime groups is 1. The Morgan fingerprint density at radius 1 is 1.29 bits per heavy atom. The molecule has 1 atom stereocenters. The molecular weight excluding hydrogens is 310 g/mol. The van der Waals surface area contributed by atoms with Crippen molar-refractivity contribution in [2.75, 3.05) is 13.7 Å². The van der Waals surface area contributed by atoms with Crippen molar-refractivity contribution >= 4 is 23.3 Å². The summed E-state index contributed by atoms with van der Waals surface area (Å²) < 4.78 is 0. The molecule has 1 unspecified atom stereocenters. The fourth-order valence-corrected chi connectivity index (χ4v) is 2.61. The molecule has 2 amide bonds. The van der Waals surface area contributed by atoms with Gasteiger partial charge in [-0.1, -0.05) is 35.5 Å². The van der Waals surface area contributed by atoms with E-state index in [2.05, 4.69) is 10.5 Å². The molecule has 1 aliphatic heterocycles. The Balaban J connectivity index is 2.05. The van der Waals surface area contributed by atoms with Crippen molar-refractivity contribution < 1.29 is 19.2 Å². The summed E-state index contributed by atoms with van der Waals surface area (Å²) in [4.78, 5) is 42.0. The number of nitrogens with one attached hydrogen (secondary N) is 1. The van der Waals surface area contributed by atoms with Gasteiger partial charge < -0.3 is 15.1 Å². The summed E-state index contributed by atoms with van der Waals surface area (Å²) in [5.74, 6) is -0.874. The fraction of sp³-hybridized carbons (Fsp3) is 0.412. The number of nitrogens with zero attached hydrogens (tertiary/aromatic N) is 2. The maximum atomic E-state index is 12.5. The molecule has 1 aromatic rings. The molecular formula is C17H21N3O4. The van der Waals surface area contributed by atoms with Gasteiger partial charge in [-0.15, -0.1) is 0 Å². The molecule has 1 heterocycles. The van der Waals surface area contributed by atoms with E-state index in [0.29, 0.717) is 18.7 Å². The van der Waals surface area contributed by atoms with Crippen LogP contribution in [0.5, 0.6) is 0 Å². The molecule has 24 heavy (non-hydrogen) atoms. The van der Waals surface area contributed by atoms with Crippen molar-refractivity contribution in [3.05, 3.63) is 35.9 Å². The summed E-state index contributed by atoms with van der Waals surface area (Å²) in [6.07, 6.45) is 0.0842. The molecule has 1 aliphatic rings. The molecule has 0 aliphatic carbocycles. The van der Waals surface area contributed by atoms with E-state index in [1.165, 1.54) is 18.9 Å². The largest absolute Gasteiger partial charge is 0.399 e. The molecule has 7 nitrogen and oxygen atoms in total. The van der Waals surface area contributed by atoms with E-state index in [0.717, 1.165) is 5.56 Å². The Bertz CT molecular complexity index is 642. The lowest BCUT2D eigenvalue weighted by atomic mass is 10.1. The van der Waals surface area contributed by atoms with Gasteiger partial charge in [0, 0.05) is 13.0 Å². The normalized spacial score (nSPS) is 18.5. The van der Waals surface area contributed by atoms with Gasteiger partial charge in [-0.25, -0.2) is 0 Å². The average Bonchev–Trinajstić information content (AvgIpc) is 2.97. The number of benzene rings is 1. The maximum absolute atomic E-state index is 12.5. The first-order chi connectivity index (χ1) is 11.5. The topological polar surface area (TPSA) is 88.1 Å². The van der Waals surface area contributed by atoms with Crippen LogP contribution in [0.2, 0.25) is 0 Å². The number of carbonyl (C=O) groups excluding carboxylic acids is 3. The maximum Gasteiger partial charge on any atom is 0.243 e. The number of Topliss-reactive ketones (excluding diaryl/α,β-unsaturated/α-hetero) is 1. The standard InChI is InChI=1S/C17H21N3O4/c1-12(21)8-16(22)20-11-14(19-24-2)9-15(20)17(23)18-10-13-6-4-3-5-7-13/h3-7,15H,8-11H2,1-2H3,(H,18,23)/b19-14+. The predicted molar refractivity (Wildman–Crippen MR) is 88.1 cm³/mol. The second-order valence-electron chi connectivity index (χ2n) is 5.66. The lowest BCUT2D eigenvalue weighted by Crippen LogP contribution is -2.46. The first-order valence-corrected chi connectivity index (χ1v) is 7.70. The Kier molecular flexibility index (Phi) is 6.06. The third kappa shape index (κ3) is 4.65. The van der Waals surface area contributed by atoms with Crippen molar-refractivity contribution in [2.24, 2.45) is 5.16 Å². The number of carbonyl (C=O) groups is 3. The van der Waals surface area contributed by atoms with Crippen LogP contribution in [0.15, 0.2) is 35.5 Å². The van der Waals surface area contributed by atoms with E-state index in [1.54, 1.807) is 0 Å². The molecule has 0 spiro atoms. The van der Waals surface area contributed by atoms with Gasteiger partial charge in [0.25, 0.3) is 0 Å². The van der Waals surface area contributed by atoms with Crippen LogP contribution < -0.4 is 5.32 Å². The van der Waals surface area contributed by atoms with Gasteiger partial charge >= 0.3 is 0 Å². The second kappa shape index (κ2) is 8.24. The Morgan fingerprint density at radius 2 is 2.00 bits per heavy atom. The van der Waals surface area contributed by atoms with E-state index in [1.807, 2.05) is 30.3 Å². The molecule has 128 valence electrons. The Morgan fingerprint density at radius 3 is 2.62 bits per heavy atom. The molecule has 0 bridgehead atoms. The molecule has 0 saturated carbocycles. The summed E-state index contributed by atoms with van der Waals surface area (Å²) in [7, 11) is 1.41. The number of likely N-dealkylation sites (tertiary alicyclic amines) is 1. The number of ketones is 1. The SMILES string of the molecule is CO/N=C1\CC(C(=O)NCc2ccccc2)N(C(=O)CC(C)=O)C1. The van der Waals surface area contributed by atoms with Gasteiger partial charge in [0.1, 0.15) is 18.9 Å². The number of hydrogen-bond acceptors (Lipinski definition) is 5. The van der Waals surface area contributed by atoms with E-state index in [-0.39, 0.29) is 30.6 Å². The zero-order chi connectivity index (χ0) is 17.5. The molecule has 1 aromatic carbocycles. The highest BCUT2D eigenvalue weighted by Crippen LogP contribution is 2.18. The molecule has 1 N–H and O–H groups in total. The molecule has 1 saturated heterocycles. The van der Waals surface area contributed by atoms with E-state index < -0.39 is 6.04 Å². The average molecular weight is 331 g/mol. The Hall–Kier alpha value is -2.70. The summed E-state index contributed by atoms with van der Waals surface area (Å²) in [6, 6.07) is 8.83. The van der Waals surface area contributed by atoms with Crippen LogP contribution in [-0.2, 0) is 25.8 Å². The van der Waals surface area contributed by atoms with Crippen LogP contribution in [0.3, 0.4) is 0 Å².